The van der Waals surface area contributed by atoms with Crippen LogP contribution in [-0.4, -0.2) is 20.4 Å². The number of nitrogens with one attached hydrogen (secondary N) is 2. The Hall–Kier alpha value is -2.57. The van der Waals surface area contributed by atoms with Gasteiger partial charge in [-0.2, -0.15) is 0 Å². The highest BCUT2D eigenvalue weighted by molar-refractivity contribution is 5.76. The standard InChI is InChI=1S/C13H17N5O2/c1-2-10(13-15-5-6-16-13)17-11(19)8-18-7-9(14)3-4-12(18)20/h3-7,10H,2,8,14H2,1H3,(H,15,16)(H,17,19). The predicted molar refractivity (Wildman–Crippen MR) is 74.9 cm³/mol. The van der Waals surface area contributed by atoms with E-state index in [0.717, 1.165) is 0 Å². The van der Waals surface area contributed by atoms with Crippen molar-refractivity contribution in [2.75, 3.05) is 5.73 Å². The number of rotatable bonds is 5. The zero-order valence-electron chi connectivity index (χ0n) is 11.2. The number of amides is 1. The molecule has 0 spiro atoms. The Kier molecular flexibility index (Phi) is 4.19. The molecule has 0 saturated carbocycles. The topological polar surface area (TPSA) is 106 Å². The van der Waals surface area contributed by atoms with Crippen LogP contribution in [0.1, 0.15) is 25.2 Å². The molecule has 20 heavy (non-hydrogen) atoms. The molecule has 0 saturated heterocycles. The Morgan fingerprint density at radius 1 is 1.55 bits per heavy atom. The number of nitrogens with zero attached hydrogens (tertiary/aromatic N) is 2. The summed E-state index contributed by atoms with van der Waals surface area (Å²) in [6, 6.07) is 2.65. The van der Waals surface area contributed by atoms with Gasteiger partial charge in [0.25, 0.3) is 5.56 Å². The minimum absolute atomic E-state index is 0.0684. The van der Waals surface area contributed by atoms with E-state index in [-0.39, 0.29) is 24.1 Å². The molecule has 0 radical (unpaired) electrons. The molecule has 106 valence electrons. The van der Waals surface area contributed by atoms with Crippen molar-refractivity contribution in [3.8, 4) is 0 Å². The minimum Gasteiger partial charge on any atom is -0.398 e. The lowest BCUT2D eigenvalue weighted by atomic mass is 10.2. The Bertz CT molecular complexity index is 632. The van der Waals surface area contributed by atoms with E-state index in [4.69, 9.17) is 5.73 Å². The number of carbonyl (C=O) groups excluding carboxylic acids is 1. The molecule has 2 aromatic rings. The lowest BCUT2D eigenvalue weighted by Gasteiger charge is -2.15. The van der Waals surface area contributed by atoms with Crippen molar-refractivity contribution in [2.45, 2.75) is 25.9 Å². The first kappa shape index (κ1) is 13.9. The zero-order chi connectivity index (χ0) is 14.5. The number of aromatic nitrogens is 3. The molecule has 4 N–H and O–H groups in total. The number of hydrogen-bond donors (Lipinski definition) is 3. The maximum atomic E-state index is 12.0. The summed E-state index contributed by atoms with van der Waals surface area (Å²) in [6.45, 7) is 1.88. The third kappa shape index (κ3) is 3.25. The SMILES string of the molecule is CCC(NC(=O)Cn1cc(N)ccc1=O)c1ncc[nH]1. The second-order valence-corrected chi connectivity index (χ2v) is 4.43. The molecule has 1 atom stereocenters. The lowest BCUT2D eigenvalue weighted by Crippen LogP contribution is -2.34. The maximum Gasteiger partial charge on any atom is 0.251 e. The van der Waals surface area contributed by atoms with Crippen LogP contribution in [0.2, 0.25) is 0 Å². The van der Waals surface area contributed by atoms with Gasteiger partial charge in [-0.15, -0.1) is 0 Å². The van der Waals surface area contributed by atoms with Crippen LogP contribution in [0.15, 0.2) is 35.5 Å². The van der Waals surface area contributed by atoms with Crippen molar-refractivity contribution in [3.63, 3.8) is 0 Å². The van der Waals surface area contributed by atoms with Crippen molar-refractivity contribution in [1.82, 2.24) is 19.9 Å². The van der Waals surface area contributed by atoms with Gasteiger partial charge in [0.15, 0.2) is 0 Å². The number of imidazole rings is 1. The van der Waals surface area contributed by atoms with E-state index in [1.165, 1.54) is 22.9 Å². The first-order valence-electron chi connectivity index (χ1n) is 6.34. The number of H-pyrrole nitrogens is 1. The Labute approximate surface area is 115 Å². The highest BCUT2D eigenvalue weighted by Crippen LogP contribution is 2.10. The fraction of sp³-hybridized carbons (Fsp3) is 0.308. The number of aromatic amines is 1. The van der Waals surface area contributed by atoms with Gasteiger partial charge in [-0.3, -0.25) is 9.59 Å². The molecule has 7 nitrogen and oxygen atoms in total. The van der Waals surface area contributed by atoms with Crippen molar-refractivity contribution in [2.24, 2.45) is 0 Å². The molecule has 0 fully saturated rings. The van der Waals surface area contributed by atoms with Crippen LogP contribution < -0.4 is 16.6 Å². The van der Waals surface area contributed by atoms with Gasteiger partial charge in [0, 0.05) is 30.3 Å². The predicted octanol–water partition coefficient (Wildman–Crippen LogP) is 0.421. The molecule has 1 unspecified atom stereocenters. The Morgan fingerprint density at radius 2 is 2.35 bits per heavy atom. The van der Waals surface area contributed by atoms with Crippen molar-refractivity contribution < 1.29 is 4.79 Å². The lowest BCUT2D eigenvalue weighted by molar-refractivity contribution is -0.122. The van der Waals surface area contributed by atoms with Gasteiger partial charge in [-0.1, -0.05) is 6.92 Å². The van der Waals surface area contributed by atoms with Gasteiger partial charge in [0.1, 0.15) is 12.4 Å². The van der Waals surface area contributed by atoms with Gasteiger partial charge in [-0.25, -0.2) is 4.98 Å². The number of hydrogen-bond acceptors (Lipinski definition) is 4. The van der Waals surface area contributed by atoms with Crippen LogP contribution in [0.3, 0.4) is 0 Å². The van der Waals surface area contributed by atoms with E-state index in [9.17, 15) is 9.59 Å². The average Bonchev–Trinajstić information content (AvgIpc) is 2.94. The third-order valence-electron chi connectivity index (χ3n) is 2.91. The monoisotopic (exact) mass is 275 g/mol. The third-order valence-corrected chi connectivity index (χ3v) is 2.91. The van der Waals surface area contributed by atoms with Crippen LogP contribution in [0.5, 0.6) is 0 Å². The summed E-state index contributed by atoms with van der Waals surface area (Å²) in [5.74, 6) is 0.432. The average molecular weight is 275 g/mol. The first-order valence-corrected chi connectivity index (χ1v) is 6.34. The molecule has 0 aliphatic rings. The molecule has 7 heteroatoms. The Morgan fingerprint density at radius 3 is 3.00 bits per heavy atom. The molecular weight excluding hydrogens is 258 g/mol. The fourth-order valence-electron chi connectivity index (χ4n) is 1.90. The van der Waals surface area contributed by atoms with Gasteiger partial charge in [-0.05, 0) is 12.5 Å². The Balaban J connectivity index is 2.05. The highest BCUT2D eigenvalue weighted by Gasteiger charge is 2.15. The quantitative estimate of drug-likeness (QED) is 0.735. The summed E-state index contributed by atoms with van der Waals surface area (Å²) in [5, 5.41) is 2.83. The molecule has 0 bridgehead atoms. The van der Waals surface area contributed by atoms with Gasteiger partial charge in [0.05, 0.1) is 6.04 Å². The van der Waals surface area contributed by atoms with Gasteiger partial charge >= 0.3 is 0 Å². The molecule has 1 amide bonds. The van der Waals surface area contributed by atoms with Gasteiger partial charge < -0.3 is 20.6 Å². The number of carbonyl (C=O) groups is 1. The number of nitrogens with two attached hydrogens (primary N) is 1. The molecule has 0 aliphatic carbocycles. The second-order valence-electron chi connectivity index (χ2n) is 4.43. The number of nitrogen functional groups attached to an aromatic ring is 1. The van der Waals surface area contributed by atoms with E-state index in [1.54, 1.807) is 12.4 Å². The normalized spacial score (nSPS) is 12.1. The second kappa shape index (κ2) is 6.05. The molecule has 0 aromatic carbocycles. The van der Waals surface area contributed by atoms with Crippen molar-refractivity contribution >= 4 is 11.6 Å². The molecule has 2 heterocycles. The first-order chi connectivity index (χ1) is 9.60. The maximum absolute atomic E-state index is 12.0. The summed E-state index contributed by atoms with van der Waals surface area (Å²) in [5.41, 5.74) is 5.78. The van der Waals surface area contributed by atoms with Crippen molar-refractivity contribution in [3.05, 3.63) is 46.9 Å². The zero-order valence-corrected chi connectivity index (χ0v) is 11.2. The van der Waals surface area contributed by atoms with Crippen LogP contribution in [-0.2, 0) is 11.3 Å². The molecule has 2 aromatic heterocycles. The summed E-state index contributed by atoms with van der Waals surface area (Å²) >= 11 is 0. The van der Waals surface area contributed by atoms with E-state index in [2.05, 4.69) is 15.3 Å². The summed E-state index contributed by atoms with van der Waals surface area (Å²) < 4.78 is 1.28. The van der Waals surface area contributed by atoms with E-state index < -0.39 is 0 Å². The van der Waals surface area contributed by atoms with Crippen molar-refractivity contribution in [1.29, 1.82) is 0 Å². The number of pyridine rings is 1. The molecular formula is C13H17N5O2. The van der Waals surface area contributed by atoms with Gasteiger partial charge in [0.2, 0.25) is 5.91 Å². The smallest absolute Gasteiger partial charge is 0.251 e. The van der Waals surface area contributed by atoms with E-state index in [0.29, 0.717) is 17.9 Å². The van der Waals surface area contributed by atoms with E-state index >= 15 is 0 Å². The summed E-state index contributed by atoms with van der Waals surface area (Å²) in [4.78, 5) is 30.7. The summed E-state index contributed by atoms with van der Waals surface area (Å²) in [7, 11) is 0. The largest absolute Gasteiger partial charge is 0.398 e. The highest BCUT2D eigenvalue weighted by atomic mass is 16.2. The fourth-order valence-corrected chi connectivity index (χ4v) is 1.90. The van der Waals surface area contributed by atoms with Crippen LogP contribution in [0.4, 0.5) is 5.69 Å². The molecule has 2 rings (SSSR count). The van der Waals surface area contributed by atoms with E-state index in [1.807, 2.05) is 6.92 Å². The van der Waals surface area contributed by atoms with Crippen LogP contribution in [0, 0.1) is 0 Å². The van der Waals surface area contributed by atoms with Crippen LogP contribution >= 0.6 is 0 Å². The number of anilines is 1. The summed E-state index contributed by atoms with van der Waals surface area (Å²) in [6.07, 6.45) is 5.49. The minimum atomic E-state index is -0.264. The molecule has 0 aliphatic heterocycles. The van der Waals surface area contributed by atoms with Crippen LogP contribution in [0.25, 0.3) is 0 Å².